The van der Waals surface area contributed by atoms with Crippen molar-refractivity contribution in [3.63, 3.8) is 0 Å². The summed E-state index contributed by atoms with van der Waals surface area (Å²) >= 11 is 0. The van der Waals surface area contributed by atoms with Crippen LogP contribution in [0, 0.1) is 0 Å². The van der Waals surface area contributed by atoms with Crippen molar-refractivity contribution in [2.24, 2.45) is 0 Å². The summed E-state index contributed by atoms with van der Waals surface area (Å²) in [7, 11) is 0. The topological polar surface area (TPSA) is 38.3 Å². The van der Waals surface area contributed by atoms with E-state index in [9.17, 15) is 4.79 Å². The highest BCUT2D eigenvalue weighted by molar-refractivity contribution is 5.67. The number of benzene rings is 1. The van der Waals surface area contributed by atoms with E-state index in [2.05, 4.69) is 29.6 Å². The first-order chi connectivity index (χ1) is 9.29. The van der Waals surface area contributed by atoms with Gasteiger partial charge in [0.15, 0.2) is 0 Å². The molecule has 0 bridgehead atoms. The summed E-state index contributed by atoms with van der Waals surface area (Å²) in [4.78, 5) is 11.2. The van der Waals surface area contributed by atoms with Crippen LogP contribution in [-0.4, -0.2) is 12.7 Å². The largest absolute Gasteiger partial charge is 0.450 e. The Kier molecular flexibility index (Phi) is 5.25. The lowest BCUT2D eigenvalue weighted by molar-refractivity contribution is 0.151. The van der Waals surface area contributed by atoms with Crippen molar-refractivity contribution in [3.8, 4) is 0 Å². The smallest absolute Gasteiger partial charge is 0.407 e. The highest BCUT2D eigenvalue weighted by Crippen LogP contribution is 2.32. The lowest BCUT2D eigenvalue weighted by atomic mass is 9.84. The summed E-state index contributed by atoms with van der Waals surface area (Å²) in [5, 5.41) is 2.74. The first-order valence-corrected chi connectivity index (χ1v) is 7.29. The number of rotatable bonds is 4. The van der Waals surface area contributed by atoms with Gasteiger partial charge in [-0.3, -0.25) is 0 Å². The first-order valence-electron chi connectivity index (χ1n) is 7.29. The molecule has 1 N–H and O–H groups in total. The Morgan fingerprint density at radius 3 is 2.53 bits per heavy atom. The number of nitrogens with one attached hydrogen (secondary N) is 1. The average Bonchev–Trinajstić information content (AvgIpc) is 2.47. The molecule has 0 spiro atoms. The van der Waals surface area contributed by atoms with E-state index in [0.717, 1.165) is 11.5 Å². The second-order valence-electron chi connectivity index (χ2n) is 5.15. The first kappa shape index (κ1) is 13.9. The van der Waals surface area contributed by atoms with Gasteiger partial charge in [0.1, 0.15) is 0 Å². The van der Waals surface area contributed by atoms with Crippen LogP contribution in [0.2, 0.25) is 0 Å². The van der Waals surface area contributed by atoms with E-state index in [-0.39, 0.29) is 6.09 Å². The molecule has 2 rings (SSSR count). The summed E-state index contributed by atoms with van der Waals surface area (Å²) in [6.45, 7) is 2.74. The number of carbonyl (C=O) groups excluding carboxylic acids is 1. The van der Waals surface area contributed by atoms with Crippen molar-refractivity contribution < 1.29 is 9.53 Å². The number of hydrogen-bond acceptors (Lipinski definition) is 2. The standard InChI is InChI=1S/C16H23NO2/c1-2-19-16(18)17-12-13-8-10-15(11-9-13)14-6-4-3-5-7-14/h8-11,14H,2-7,12H2,1H3,(H,17,18). The minimum atomic E-state index is -0.348. The normalized spacial score (nSPS) is 16.1. The van der Waals surface area contributed by atoms with Crippen molar-refractivity contribution in [3.05, 3.63) is 35.4 Å². The molecule has 0 unspecified atom stereocenters. The van der Waals surface area contributed by atoms with Gasteiger partial charge in [0.2, 0.25) is 0 Å². The lowest BCUT2D eigenvalue weighted by Crippen LogP contribution is -2.23. The number of amides is 1. The van der Waals surface area contributed by atoms with E-state index in [0.29, 0.717) is 13.2 Å². The highest BCUT2D eigenvalue weighted by Gasteiger charge is 2.15. The summed E-state index contributed by atoms with van der Waals surface area (Å²) in [5.41, 5.74) is 2.56. The van der Waals surface area contributed by atoms with Crippen LogP contribution >= 0.6 is 0 Å². The SMILES string of the molecule is CCOC(=O)NCc1ccc(C2CCCCC2)cc1. The fourth-order valence-corrected chi connectivity index (χ4v) is 2.70. The van der Waals surface area contributed by atoms with Crippen molar-refractivity contribution >= 4 is 6.09 Å². The van der Waals surface area contributed by atoms with Crippen LogP contribution in [0.4, 0.5) is 4.79 Å². The van der Waals surface area contributed by atoms with Crippen LogP contribution in [0.1, 0.15) is 56.1 Å². The van der Waals surface area contributed by atoms with E-state index in [1.54, 1.807) is 6.92 Å². The monoisotopic (exact) mass is 261 g/mol. The minimum Gasteiger partial charge on any atom is -0.450 e. The van der Waals surface area contributed by atoms with Gasteiger partial charge in [-0.15, -0.1) is 0 Å². The zero-order chi connectivity index (χ0) is 13.5. The van der Waals surface area contributed by atoms with Crippen LogP contribution in [-0.2, 0) is 11.3 Å². The number of alkyl carbamates (subject to hydrolysis) is 1. The van der Waals surface area contributed by atoms with E-state index in [1.807, 2.05) is 0 Å². The van der Waals surface area contributed by atoms with Gasteiger partial charge in [-0.05, 0) is 36.8 Å². The third-order valence-electron chi connectivity index (χ3n) is 3.77. The maximum atomic E-state index is 11.2. The molecule has 1 aromatic rings. The zero-order valence-electron chi connectivity index (χ0n) is 11.7. The predicted molar refractivity (Wildman–Crippen MR) is 76.1 cm³/mol. The Morgan fingerprint density at radius 1 is 1.21 bits per heavy atom. The van der Waals surface area contributed by atoms with Crippen LogP contribution in [0.5, 0.6) is 0 Å². The van der Waals surface area contributed by atoms with Crippen molar-refractivity contribution in [1.82, 2.24) is 5.32 Å². The second-order valence-corrected chi connectivity index (χ2v) is 5.15. The Morgan fingerprint density at radius 2 is 1.89 bits per heavy atom. The molecule has 0 aromatic heterocycles. The maximum Gasteiger partial charge on any atom is 0.407 e. The quantitative estimate of drug-likeness (QED) is 0.890. The minimum absolute atomic E-state index is 0.348. The molecule has 0 saturated heterocycles. The molecule has 1 aliphatic rings. The van der Waals surface area contributed by atoms with E-state index < -0.39 is 0 Å². The third kappa shape index (κ3) is 4.27. The summed E-state index contributed by atoms with van der Waals surface area (Å²) < 4.78 is 4.83. The van der Waals surface area contributed by atoms with Crippen LogP contribution in [0.25, 0.3) is 0 Å². The second kappa shape index (κ2) is 7.17. The number of hydrogen-bond donors (Lipinski definition) is 1. The van der Waals surface area contributed by atoms with Crippen LogP contribution in [0.3, 0.4) is 0 Å². The van der Waals surface area contributed by atoms with E-state index >= 15 is 0 Å². The van der Waals surface area contributed by atoms with Gasteiger partial charge in [-0.25, -0.2) is 4.79 Å². The van der Waals surface area contributed by atoms with Gasteiger partial charge in [-0.2, -0.15) is 0 Å². The maximum absolute atomic E-state index is 11.2. The molecule has 3 nitrogen and oxygen atoms in total. The van der Waals surface area contributed by atoms with Crippen molar-refractivity contribution in [2.45, 2.75) is 51.5 Å². The zero-order valence-corrected chi connectivity index (χ0v) is 11.7. The molecule has 1 saturated carbocycles. The molecule has 1 amide bonds. The summed E-state index contributed by atoms with van der Waals surface area (Å²) in [6, 6.07) is 8.63. The Balaban J connectivity index is 1.85. The van der Waals surface area contributed by atoms with Crippen molar-refractivity contribution in [1.29, 1.82) is 0 Å². The Bertz CT molecular complexity index is 394. The third-order valence-corrected chi connectivity index (χ3v) is 3.77. The molecule has 1 fully saturated rings. The summed E-state index contributed by atoms with van der Waals surface area (Å²) in [5.74, 6) is 0.737. The molecule has 0 aliphatic heterocycles. The molecule has 19 heavy (non-hydrogen) atoms. The van der Waals surface area contributed by atoms with Crippen molar-refractivity contribution in [2.75, 3.05) is 6.61 Å². The van der Waals surface area contributed by atoms with Crippen LogP contribution in [0.15, 0.2) is 24.3 Å². The molecule has 104 valence electrons. The van der Waals surface area contributed by atoms with Crippen LogP contribution < -0.4 is 5.32 Å². The predicted octanol–water partition coefficient (Wildman–Crippen LogP) is 3.98. The fourth-order valence-electron chi connectivity index (χ4n) is 2.70. The van der Waals surface area contributed by atoms with E-state index in [1.165, 1.54) is 37.7 Å². The van der Waals surface area contributed by atoms with Gasteiger partial charge in [-0.1, -0.05) is 43.5 Å². The molecule has 0 atom stereocenters. The van der Waals surface area contributed by atoms with Gasteiger partial charge >= 0.3 is 6.09 Å². The number of carbonyl (C=O) groups is 1. The van der Waals surface area contributed by atoms with Gasteiger partial charge < -0.3 is 10.1 Å². The molecular formula is C16H23NO2. The average molecular weight is 261 g/mol. The molecule has 1 aromatic carbocycles. The number of ether oxygens (including phenoxy) is 1. The lowest BCUT2D eigenvalue weighted by Gasteiger charge is -2.22. The molecule has 1 aliphatic carbocycles. The molecule has 0 heterocycles. The molecule has 0 radical (unpaired) electrons. The van der Waals surface area contributed by atoms with Gasteiger partial charge in [0.25, 0.3) is 0 Å². The van der Waals surface area contributed by atoms with Gasteiger partial charge in [0.05, 0.1) is 6.61 Å². The molecule has 3 heteroatoms. The fraction of sp³-hybridized carbons (Fsp3) is 0.562. The molecular weight excluding hydrogens is 238 g/mol. The summed E-state index contributed by atoms with van der Waals surface area (Å²) in [6.07, 6.45) is 6.39. The Labute approximate surface area is 115 Å². The van der Waals surface area contributed by atoms with Gasteiger partial charge in [0, 0.05) is 6.54 Å². The van der Waals surface area contributed by atoms with E-state index in [4.69, 9.17) is 4.74 Å². The highest BCUT2D eigenvalue weighted by atomic mass is 16.5. The Hall–Kier alpha value is -1.51.